The summed E-state index contributed by atoms with van der Waals surface area (Å²) in [6.45, 7) is 6.12. The smallest absolute Gasteiger partial charge is 0.200 e. The van der Waals surface area contributed by atoms with Crippen molar-refractivity contribution in [3.05, 3.63) is 54.4 Å². The van der Waals surface area contributed by atoms with Gasteiger partial charge >= 0.3 is 0 Å². The second-order valence-electron chi connectivity index (χ2n) is 8.30. The maximum absolute atomic E-state index is 8.87. The lowest BCUT2D eigenvalue weighted by atomic mass is 10.2. The van der Waals surface area contributed by atoms with Crippen LogP contribution in [0.25, 0.3) is 16.6 Å². The Labute approximate surface area is 202 Å². The molecule has 9 nitrogen and oxygen atoms in total. The zero-order chi connectivity index (χ0) is 23.5. The molecule has 1 N–H and O–H groups in total. The normalized spacial score (nSPS) is 15.4. The maximum atomic E-state index is 8.87. The van der Waals surface area contributed by atoms with E-state index in [0.717, 1.165) is 58.3 Å². The van der Waals surface area contributed by atoms with E-state index in [0.29, 0.717) is 5.71 Å². The number of fused-ring (bicyclic) bond motifs is 2. The highest BCUT2D eigenvalue weighted by molar-refractivity contribution is 7.99. The molecule has 0 bridgehead atoms. The molecular formula is C24H27N7O2S. The van der Waals surface area contributed by atoms with Crippen LogP contribution >= 0.6 is 11.8 Å². The zero-order valence-electron chi connectivity index (χ0n) is 19.3. The van der Waals surface area contributed by atoms with Crippen molar-refractivity contribution in [3.8, 4) is 0 Å². The highest BCUT2D eigenvalue weighted by Crippen LogP contribution is 2.30. The van der Waals surface area contributed by atoms with E-state index in [-0.39, 0.29) is 13.2 Å². The molecule has 3 aromatic heterocycles. The van der Waals surface area contributed by atoms with Gasteiger partial charge in [-0.25, -0.2) is 0 Å². The van der Waals surface area contributed by atoms with Gasteiger partial charge in [-0.2, -0.15) is 0 Å². The third-order valence-electron chi connectivity index (χ3n) is 5.89. The predicted molar refractivity (Wildman–Crippen MR) is 134 cm³/mol. The Morgan fingerprint density at radius 1 is 1.12 bits per heavy atom. The van der Waals surface area contributed by atoms with E-state index in [1.807, 2.05) is 35.9 Å². The lowest BCUT2D eigenvalue weighted by Gasteiger charge is -2.33. The van der Waals surface area contributed by atoms with Gasteiger partial charge in [-0.1, -0.05) is 5.16 Å². The van der Waals surface area contributed by atoms with Crippen LogP contribution in [0.4, 0.5) is 5.69 Å². The third kappa shape index (κ3) is 4.84. The Balaban J connectivity index is 1.40. The summed E-state index contributed by atoms with van der Waals surface area (Å²) in [4.78, 5) is 15.6. The van der Waals surface area contributed by atoms with Gasteiger partial charge in [-0.3, -0.25) is 9.38 Å². The van der Waals surface area contributed by atoms with E-state index in [4.69, 9.17) is 9.94 Å². The SMILES string of the molecule is C/C(=N/OCCO)c1ccc2nnc(Sc3ccc4ncc(N5CCN(C)CC5)cc4c3)n2c1. The van der Waals surface area contributed by atoms with Crippen molar-refractivity contribution in [1.29, 1.82) is 0 Å². The Hall–Kier alpha value is -3.21. The number of hydrogen-bond acceptors (Lipinski definition) is 9. The van der Waals surface area contributed by atoms with E-state index >= 15 is 0 Å². The molecule has 1 fully saturated rings. The van der Waals surface area contributed by atoms with Crippen molar-refractivity contribution >= 4 is 39.7 Å². The first-order valence-corrected chi connectivity index (χ1v) is 12.1. The summed E-state index contributed by atoms with van der Waals surface area (Å²) >= 11 is 1.56. The number of hydrogen-bond donors (Lipinski definition) is 1. The van der Waals surface area contributed by atoms with E-state index in [1.54, 1.807) is 11.8 Å². The molecule has 0 radical (unpaired) electrons. The summed E-state index contributed by atoms with van der Waals surface area (Å²) < 4.78 is 1.95. The molecule has 0 amide bonds. The van der Waals surface area contributed by atoms with E-state index < -0.39 is 0 Å². The summed E-state index contributed by atoms with van der Waals surface area (Å²) in [7, 11) is 2.16. The number of rotatable bonds is 7. The van der Waals surface area contributed by atoms with Crippen molar-refractivity contribution in [2.45, 2.75) is 17.0 Å². The lowest BCUT2D eigenvalue weighted by Crippen LogP contribution is -2.44. The monoisotopic (exact) mass is 477 g/mol. The van der Waals surface area contributed by atoms with Gasteiger partial charge in [0.25, 0.3) is 0 Å². The molecule has 10 heteroatoms. The minimum atomic E-state index is -0.0693. The number of piperazine rings is 1. The first-order valence-electron chi connectivity index (χ1n) is 11.2. The van der Waals surface area contributed by atoms with Crippen LogP contribution in [0.5, 0.6) is 0 Å². The molecule has 34 heavy (non-hydrogen) atoms. The number of aliphatic hydroxyl groups is 1. The molecule has 4 aromatic rings. The van der Waals surface area contributed by atoms with Gasteiger partial charge in [0, 0.05) is 48.2 Å². The van der Waals surface area contributed by atoms with Crippen LogP contribution in [0.1, 0.15) is 12.5 Å². The summed E-state index contributed by atoms with van der Waals surface area (Å²) in [5.74, 6) is 0. The van der Waals surface area contributed by atoms with E-state index in [2.05, 4.69) is 61.5 Å². The summed E-state index contributed by atoms with van der Waals surface area (Å²) in [6, 6.07) is 12.3. The molecule has 5 rings (SSSR count). The summed E-state index contributed by atoms with van der Waals surface area (Å²) in [5, 5.41) is 23.5. The zero-order valence-corrected chi connectivity index (χ0v) is 20.1. The van der Waals surface area contributed by atoms with Crippen LogP contribution in [-0.2, 0) is 4.84 Å². The predicted octanol–water partition coefficient (Wildman–Crippen LogP) is 2.91. The number of aliphatic hydroxyl groups excluding tert-OH is 1. The Morgan fingerprint density at radius 3 is 2.79 bits per heavy atom. The average molecular weight is 478 g/mol. The van der Waals surface area contributed by atoms with E-state index in [9.17, 15) is 0 Å². The molecule has 1 aliphatic rings. The van der Waals surface area contributed by atoms with Gasteiger partial charge < -0.3 is 19.7 Å². The molecule has 176 valence electrons. The third-order valence-corrected chi connectivity index (χ3v) is 6.84. The van der Waals surface area contributed by atoms with Crippen molar-refractivity contribution in [3.63, 3.8) is 0 Å². The largest absolute Gasteiger partial charge is 0.393 e. The molecule has 0 atom stereocenters. The lowest BCUT2D eigenvalue weighted by molar-refractivity contribution is 0.0986. The summed E-state index contributed by atoms with van der Waals surface area (Å²) in [5.41, 5.74) is 4.51. The number of oxime groups is 1. The second kappa shape index (κ2) is 9.96. The highest BCUT2D eigenvalue weighted by Gasteiger charge is 2.15. The van der Waals surface area contributed by atoms with Crippen molar-refractivity contribution in [1.82, 2.24) is 24.5 Å². The van der Waals surface area contributed by atoms with Gasteiger partial charge in [0.2, 0.25) is 0 Å². The van der Waals surface area contributed by atoms with Crippen LogP contribution in [0.3, 0.4) is 0 Å². The standard InChI is InChI=1S/C24H27N7O2S/c1-17(28-33-12-11-32)18-3-6-23-26-27-24(31(23)16-18)34-21-4-5-22-19(14-21)13-20(15-25-22)30-9-7-29(2)8-10-30/h3-6,13-16,32H,7-12H2,1-2H3/b28-17-. The molecular weight excluding hydrogens is 450 g/mol. The number of benzene rings is 1. The van der Waals surface area contributed by atoms with Gasteiger partial charge in [0.1, 0.15) is 6.61 Å². The number of nitrogens with zero attached hydrogens (tertiary/aromatic N) is 7. The highest BCUT2D eigenvalue weighted by atomic mass is 32.2. The number of pyridine rings is 2. The van der Waals surface area contributed by atoms with Crippen molar-refractivity contribution < 1.29 is 9.94 Å². The fraction of sp³-hybridized carbons (Fsp3) is 0.333. The first-order chi connectivity index (χ1) is 16.6. The van der Waals surface area contributed by atoms with Crippen LogP contribution in [0.15, 0.2) is 64.0 Å². The van der Waals surface area contributed by atoms with E-state index in [1.165, 1.54) is 5.69 Å². The molecule has 1 saturated heterocycles. The minimum absolute atomic E-state index is 0.0693. The maximum Gasteiger partial charge on any atom is 0.200 e. The fourth-order valence-electron chi connectivity index (χ4n) is 3.89. The fourth-order valence-corrected chi connectivity index (χ4v) is 4.75. The van der Waals surface area contributed by atoms with Crippen molar-refractivity contribution in [2.24, 2.45) is 5.16 Å². The van der Waals surface area contributed by atoms with Crippen LogP contribution in [0, 0.1) is 0 Å². The van der Waals surface area contributed by atoms with Gasteiger partial charge in [0.05, 0.1) is 29.7 Å². The molecule has 4 heterocycles. The summed E-state index contributed by atoms with van der Waals surface area (Å²) in [6.07, 6.45) is 3.93. The average Bonchev–Trinajstić information content (AvgIpc) is 3.26. The molecule has 0 unspecified atom stereocenters. The Kier molecular flexibility index (Phi) is 6.61. The Morgan fingerprint density at radius 2 is 1.97 bits per heavy atom. The molecule has 1 aliphatic heterocycles. The van der Waals surface area contributed by atoms with Gasteiger partial charge in [-0.15, -0.1) is 10.2 Å². The topological polar surface area (TPSA) is 91.4 Å². The molecule has 0 aliphatic carbocycles. The number of likely N-dealkylation sites (N-methyl/N-ethyl adjacent to an activating group) is 1. The minimum Gasteiger partial charge on any atom is -0.393 e. The molecule has 1 aromatic carbocycles. The quantitative estimate of drug-likeness (QED) is 0.247. The molecule has 0 spiro atoms. The van der Waals surface area contributed by atoms with Crippen LogP contribution in [-0.4, -0.2) is 81.7 Å². The number of anilines is 1. The second-order valence-corrected chi connectivity index (χ2v) is 9.34. The molecule has 0 saturated carbocycles. The number of aromatic nitrogens is 4. The first kappa shape index (κ1) is 22.6. The Bertz CT molecular complexity index is 1330. The van der Waals surface area contributed by atoms with Crippen LogP contribution < -0.4 is 4.90 Å². The van der Waals surface area contributed by atoms with Crippen LogP contribution in [0.2, 0.25) is 0 Å². The van der Waals surface area contributed by atoms with Gasteiger partial charge in [0.15, 0.2) is 10.8 Å². The van der Waals surface area contributed by atoms with Gasteiger partial charge in [-0.05, 0) is 62.1 Å². The van der Waals surface area contributed by atoms with Crippen molar-refractivity contribution in [2.75, 3.05) is 51.3 Å².